The second kappa shape index (κ2) is 5.57. The molecule has 0 N–H and O–H groups in total. The van der Waals surface area contributed by atoms with Crippen molar-refractivity contribution in [2.45, 2.75) is 58.3 Å². The topological polar surface area (TPSA) is 0 Å². The van der Waals surface area contributed by atoms with Gasteiger partial charge in [-0.3, -0.25) is 0 Å². The molecule has 0 heterocycles. The highest BCUT2D eigenvalue weighted by molar-refractivity contribution is 6.18. The SMILES string of the molecule is CCC(CCl)C1CCCC2CCCCC21. The number of hydrogen-bond acceptors (Lipinski definition) is 0. The monoisotopic (exact) mass is 228 g/mol. The second-order valence-corrected chi connectivity index (χ2v) is 5.93. The Morgan fingerprint density at radius 3 is 2.53 bits per heavy atom. The van der Waals surface area contributed by atoms with E-state index in [1.54, 1.807) is 0 Å². The Balaban J connectivity index is 2.02. The summed E-state index contributed by atoms with van der Waals surface area (Å²) in [4.78, 5) is 0. The summed E-state index contributed by atoms with van der Waals surface area (Å²) in [6, 6.07) is 0. The lowest BCUT2D eigenvalue weighted by Gasteiger charge is -2.44. The zero-order valence-corrected chi connectivity index (χ0v) is 10.8. The molecule has 4 unspecified atom stereocenters. The molecule has 0 amide bonds. The molecule has 0 nitrogen and oxygen atoms in total. The van der Waals surface area contributed by atoms with Gasteiger partial charge >= 0.3 is 0 Å². The van der Waals surface area contributed by atoms with Gasteiger partial charge in [-0.2, -0.15) is 0 Å². The zero-order valence-electron chi connectivity index (χ0n) is 10.1. The molecule has 0 aromatic rings. The van der Waals surface area contributed by atoms with E-state index in [-0.39, 0.29) is 0 Å². The third kappa shape index (κ3) is 2.52. The van der Waals surface area contributed by atoms with Gasteiger partial charge in [0.15, 0.2) is 0 Å². The number of rotatable bonds is 3. The van der Waals surface area contributed by atoms with E-state index < -0.39 is 0 Å². The standard InChI is InChI=1S/C14H25Cl/c1-2-11(10-15)13-9-5-7-12-6-3-4-8-14(12)13/h11-14H,2-10H2,1H3. The molecule has 0 spiro atoms. The summed E-state index contributed by atoms with van der Waals surface area (Å²) in [7, 11) is 0. The van der Waals surface area contributed by atoms with Gasteiger partial charge in [0, 0.05) is 5.88 Å². The molecule has 0 radical (unpaired) electrons. The number of alkyl halides is 1. The van der Waals surface area contributed by atoms with Gasteiger partial charge in [0.05, 0.1) is 0 Å². The second-order valence-electron chi connectivity index (χ2n) is 5.63. The minimum atomic E-state index is 0.803. The molecule has 2 aliphatic rings. The van der Waals surface area contributed by atoms with Crippen LogP contribution in [0.25, 0.3) is 0 Å². The summed E-state index contributed by atoms with van der Waals surface area (Å²) in [5, 5.41) is 0. The summed E-state index contributed by atoms with van der Waals surface area (Å²) >= 11 is 6.13. The lowest BCUT2D eigenvalue weighted by molar-refractivity contribution is 0.0692. The Kier molecular flexibility index (Phi) is 4.37. The van der Waals surface area contributed by atoms with Crippen LogP contribution in [0.5, 0.6) is 0 Å². The highest BCUT2D eigenvalue weighted by atomic mass is 35.5. The van der Waals surface area contributed by atoms with Gasteiger partial charge in [0.2, 0.25) is 0 Å². The number of halogens is 1. The molecule has 0 bridgehead atoms. The van der Waals surface area contributed by atoms with Gasteiger partial charge in [-0.05, 0) is 36.5 Å². The van der Waals surface area contributed by atoms with Crippen LogP contribution in [0.2, 0.25) is 0 Å². The molecule has 2 saturated carbocycles. The van der Waals surface area contributed by atoms with E-state index in [9.17, 15) is 0 Å². The first kappa shape index (κ1) is 11.8. The normalized spacial score (nSPS) is 38.4. The summed E-state index contributed by atoms with van der Waals surface area (Å²) < 4.78 is 0. The van der Waals surface area contributed by atoms with E-state index >= 15 is 0 Å². The molecular weight excluding hydrogens is 204 g/mol. The van der Waals surface area contributed by atoms with E-state index in [1.807, 2.05) is 0 Å². The van der Waals surface area contributed by atoms with Crippen LogP contribution in [-0.2, 0) is 0 Å². The molecule has 0 aliphatic heterocycles. The smallest absolute Gasteiger partial charge is 0.0254 e. The van der Waals surface area contributed by atoms with Crippen molar-refractivity contribution < 1.29 is 0 Å². The van der Waals surface area contributed by atoms with Crippen LogP contribution in [0, 0.1) is 23.7 Å². The molecule has 0 saturated heterocycles. The fourth-order valence-electron chi connectivity index (χ4n) is 4.10. The van der Waals surface area contributed by atoms with Gasteiger partial charge in [0.1, 0.15) is 0 Å². The first-order valence-corrected chi connectivity index (χ1v) is 7.46. The lowest BCUT2D eigenvalue weighted by atomic mass is 9.62. The van der Waals surface area contributed by atoms with Crippen molar-refractivity contribution >= 4 is 11.6 Å². The molecule has 0 aromatic carbocycles. The van der Waals surface area contributed by atoms with Crippen molar-refractivity contribution in [3.8, 4) is 0 Å². The molecule has 0 aromatic heterocycles. The zero-order chi connectivity index (χ0) is 10.7. The van der Waals surface area contributed by atoms with E-state index in [1.165, 1.54) is 51.4 Å². The Hall–Kier alpha value is 0.290. The maximum atomic E-state index is 6.13. The predicted molar refractivity (Wildman–Crippen MR) is 67.3 cm³/mol. The number of fused-ring (bicyclic) bond motifs is 1. The van der Waals surface area contributed by atoms with Crippen molar-refractivity contribution in [1.82, 2.24) is 0 Å². The van der Waals surface area contributed by atoms with Gasteiger partial charge in [-0.15, -0.1) is 11.6 Å². The van der Waals surface area contributed by atoms with Gasteiger partial charge in [-0.1, -0.05) is 45.4 Å². The van der Waals surface area contributed by atoms with Crippen LogP contribution in [0.1, 0.15) is 58.3 Å². The number of hydrogen-bond donors (Lipinski definition) is 0. The van der Waals surface area contributed by atoms with Crippen molar-refractivity contribution in [2.75, 3.05) is 5.88 Å². The maximum Gasteiger partial charge on any atom is 0.0254 e. The Morgan fingerprint density at radius 2 is 1.80 bits per heavy atom. The van der Waals surface area contributed by atoms with Crippen molar-refractivity contribution in [3.63, 3.8) is 0 Å². The minimum absolute atomic E-state index is 0.803. The lowest BCUT2D eigenvalue weighted by Crippen LogP contribution is -2.35. The molecule has 4 atom stereocenters. The Labute approximate surface area is 99.8 Å². The van der Waals surface area contributed by atoms with Crippen molar-refractivity contribution in [1.29, 1.82) is 0 Å². The van der Waals surface area contributed by atoms with Crippen molar-refractivity contribution in [2.24, 2.45) is 23.7 Å². The average molecular weight is 229 g/mol. The highest BCUT2D eigenvalue weighted by Crippen LogP contribution is 2.47. The summed E-state index contributed by atoms with van der Waals surface area (Å²) in [6.07, 6.45) is 11.7. The fourth-order valence-corrected chi connectivity index (χ4v) is 4.55. The quantitative estimate of drug-likeness (QED) is 0.606. The predicted octanol–water partition coefficient (Wildman–Crippen LogP) is 4.86. The van der Waals surface area contributed by atoms with E-state index in [0.717, 1.165) is 29.6 Å². The van der Waals surface area contributed by atoms with Crippen LogP contribution in [0.3, 0.4) is 0 Å². The first-order valence-electron chi connectivity index (χ1n) is 6.92. The largest absolute Gasteiger partial charge is 0.126 e. The van der Waals surface area contributed by atoms with Gasteiger partial charge in [0.25, 0.3) is 0 Å². The Bertz CT molecular complexity index is 184. The molecule has 2 fully saturated rings. The van der Waals surface area contributed by atoms with Crippen LogP contribution in [0.4, 0.5) is 0 Å². The van der Waals surface area contributed by atoms with E-state index in [0.29, 0.717) is 0 Å². The van der Waals surface area contributed by atoms with Crippen LogP contribution >= 0.6 is 11.6 Å². The molecule has 2 aliphatic carbocycles. The molecule has 88 valence electrons. The van der Waals surface area contributed by atoms with Crippen LogP contribution in [0.15, 0.2) is 0 Å². The van der Waals surface area contributed by atoms with Crippen LogP contribution in [-0.4, -0.2) is 5.88 Å². The molecule has 1 heteroatoms. The average Bonchev–Trinajstić information content (AvgIpc) is 2.31. The minimum Gasteiger partial charge on any atom is -0.126 e. The van der Waals surface area contributed by atoms with Gasteiger partial charge in [-0.25, -0.2) is 0 Å². The Morgan fingerprint density at radius 1 is 1.07 bits per heavy atom. The fraction of sp³-hybridized carbons (Fsp3) is 1.00. The maximum absolute atomic E-state index is 6.13. The van der Waals surface area contributed by atoms with Crippen LogP contribution < -0.4 is 0 Å². The van der Waals surface area contributed by atoms with E-state index in [2.05, 4.69) is 6.92 Å². The third-order valence-corrected chi connectivity index (χ3v) is 5.35. The third-order valence-electron chi connectivity index (χ3n) is 4.96. The molecule has 2 rings (SSSR count). The van der Waals surface area contributed by atoms with E-state index in [4.69, 9.17) is 11.6 Å². The summed E-state index contributed by atoms with van der Waals surface area (Å²) in [5.74, 6) is 4.76. The summed E-state index contributed by atoms with van der Waals surface area (Å²) in [5.41, 5.74) is 0. The molecule has 15 heavy (non-hydrogen) atoms. The summed E-state index contributed by atoms with van der Waals surface area (Å²) in [6.45, 7) is 2.32. The first-order chi connectivity index (χ1) is 7.36. The van der Waals surface area contributed by atoms with Gasteiger partial charge < -0.3 is 0 Å². The highest BCUT2D eigenvalue weighted by Gasteiger charge is 2.37. The van der Waals surface area contributed by atoms with Crippen molar-refractivity contribution in [3.05, 3.63) is 0 Å². The molecular formula is C14H25Cl.